The van der Waals surface area contributed by atoms with Gasteiger partial charge in [-0.2, -0.15) is 0 Å². The van der Waals surface area contributed by atoms with Gasteiger partial charge >= 0.3 is 0 Å². The highest BCUT2D eigenvalue weighted by Gasteiger charge is 2.36. The summed E-state index contributed by atoms with van der Waals surface area (Å²) in [5.74, 6) is 1.05. The van der Waals surface area contributed by atoms with Crippen LogP contribution < -0.4 is 19.7 Å². The molecule has 2 aliphatic rings. The van der Waals surface area contributed by atoms with Crippen molar-refractivity contribution in [2.24, 2.45) is 12.0 Å². The summed E-state index contributed by atoms with van der Waals surface area (Å²) >= 11 is 0. The van der Waals surface area contributed by atoms with Gasteiger partial charge in [-0.25, -0.2) is 4.98 Å². The predicted octanol–water partition coefficient (Wildman–Crippen LogP) is 3.33. The molecule has 1 unspecified atom stereocenters. The maximum absolute atomic E-state index is 13.5. The zero-order chi connectivity index (χ0) is 25.2. The summed E-state index contributed by atoms with van der Waals surface area (Å²) in [4.78, 5) is 47.0. The van der Waals surface area contributed by atoms with Crippen molar-refractivity contribution in [3.8, 4) is 11.5 Å². The Morgan fingerprint density at radius 3 is 2.86 bits per heavy atom. The number of aldehydes is 1. The van der Waals surface area contributed by atoms with E-state index in [4.69, 9.17) is 9.47 Å². The first kappa shape index (κ1) is 23.3. The second-order valence-electron chi connectivity index (χ2n) is 8.59. The fraction of sp³-hybridized carbons (Fsp3) is 0.269. The normalized spacial score (nSPS) is 15.6. The Kier molecular flexibility index (Phi) is 6.24. The number of aliphatic imine (C=N–C) groups is 1. The van der Waals surface area contributed by atoms with Crippen LogP contribution in [0.25, 0.3) is 0 Å². The summed E-state index contributed by atoms with van der Waals surface area (Å²) in [5.41, 5.74) is 2.98. The zero-order valence-corrected chi connectivity index (χ0v) is 19.9. The number of imidazole rings is 1. The molecular formula is C26H25N5O5. The molecule has 0 bridgehead atoms. The van der Waals surface area contributed by atoms with Gasteiger partial charge in [0, 0.05) is 44.1 Å². The van der Waals surface area contributed by atoms with Crippen molar-refractivity contribution in [2.75, 3.05) is 23.9 Å². The van der Waals surface area contributed by atoms with E-state index in [2.05, 4.69) is 15.3 Å². The lowest BCUT2D eigenvalue weighted by Crippen LogP contribution is -2.37. The number of aromatic nitrogens is 2. The summed E-state index contributed by atoms with van der Waals surface area (Å²) in [6, 6.07) is 11.1. The van der Waals surface area contributed by atoms with Crippen molar-refractivity contribution in [1.29, 1.82) is 0 Å². The molecule has 10 nitrogen and oxygen atoms in total. The number of aryl methyl sites for hydroxylation is 1. The molecule has 184 valence electrons. The summed E-state index contributed by atoms with van der Waals surface area (Å²) in [6.07, 6.45) is 5.36. The summed E-state index contributed by atoms with van der Waals surface area (Å²) in [6.45, 7) is 0.254. The van der Waals surface area contributed by atoms with Crippen molar-refractivity contribution in [3.63, 3.8) is 0 Å². The van der Waals surface area contributed by atoms with E-state index in [1.165, 1.54) is 11.7 Å². The molecule has 0 fully saturated rings. The number of amides is 2. The average Bonchev–Trinajstić information content (AvgIpc) is 3.39. The monoisotopic (exact) mass is 487 g/mol. The van der Waals surface area contributed by atoms with Crippen LogP contribution in [0.5, 0.6) is 11.5 Å². The molecule has 2 aromatic carbocycles. The molecule has 36 heavy (non-hydrogen) atoms. The van der Waals surface area contributed by atoms with Crippen LogP contribution >= 0.6 is 0 Å². The second-order valence-corrected chi connectivity index (χ2v) is 8.59. The summed E-state index contributed by atoms with van der Waals surface area (Å²) in [7, 11) is 3.19. The lowest BCUT2D eigenvalue weighted by Gasteiger charge is -2.22. The highest BCUT2D eigenvalue weighted by molar-refractivity contribution is 6.14. The molecule has 0 saturated heterocycles. The molecule has 2 aliphatic heterocycles. The number of nitrogens with zero attached hydrogens (tertiary/aromatic N) is 4. The molecule has 2 amide bonds. The van der Waals surface area contributed by atoms with Crippen LogP contribution in [0.4, 0.5) is 17.2 Å². The molecule has 0 spiro atoms. The van der Waals surface area contributed by atoms with Gasteiger partial charge < -0.3 is 19.4 Å². The van der Waals surface area contributed by atoms with Gasteiger partial charge in [-0.05, 0) is 24.1 Å². The van der Waals surface area contributed by atoms with E-state index in [1.807, 2.05) is 24.3 Å². The molecule has 1 atom stereocenters. The minimum Gasteiger partial charge on any atom is -0.493 e. The number of benzene rings is 2. The Morgan fingerprint density at radius 2 is 2.08 bits per heavy atom. The van der Waals surface area contributed by atoms with Crippen LogP contribution in [0.2, 0.25) is 0 Å². The topological polar surface area (TPSA) is 115 Å². The summed E-state index contributed by atoms with van der Waals surface area (Å²) in [5, 5.41) is 2.67. The van der Waals surface area contributed by atoms with Gasteiger partial charge in [-0.15, -0.1) is 0 Å². The van der Waals surface area contributed by atoms with Crippen molar-refractivity contribution < 1.29 is 23.9 Å². The first-order valence-electron chi connectivity index (χ1n) is 11.6. The van der Waals surface area contributed by atoms with Gasteiger partial charge in [0.15, 0.2) is 29.4 Å². The number of carbonyl (C=O) groups is 3. The van der Waals surface area contributed by atoms with E-state index in [0.717, 1.165) is 17.7 Å². The highest BCUT2D eigenvalue weighted by atomic mass is 16.5. The van der Waals surface area contributed by atoms with Crippen LogP contribution in [-0.2, 0) is 18.3 Å². The number of methoxy groups -OCH3 is 1. The largest absolute Gasteiger partial charge is 0.493 e. The first-order chi connectivity index (χ1) is 17.5. The van der Waals surface area contributed by atoms with E-state index >= 15 is 0 Å². The number of fused-ring (bicyclic) bond motifs is 4. The molecule has 5 rings (SSSR count). The zero-order valence-electron chi connectivity index (χ0n) is 19.9. The Morgan fingerprint density at radius 1 is 1.25 bits per heavy atom. The number of rotatable bonds is 8. The third kappa shape index (κ3) is 4.33. The van der Waals surface area contributed by atoms with E-state index in [-0.39, 0.29) is 36.7 Å². The molecule has 1 aromatic heterocycles. The molecule has 3 aromatic rings. The maximum Gasteiger partial charge on any atom is 0.261 e. The highest BCUT2D eigenvalue weighted by Crippen LogP contribution is 2.40. The second kappa shape index (κ2) is 9.65. The minimum atomic E-state index is -0.237. The van der Waals surface area contributed by atoms with E-state index < -0.39 is 0 Å². The van der Waals surface area contributed by atoms with Gasteiger partial charge in [0.1, 0.15) is 0 Å². The number of nitrogens with one attached hydrogen (secondary N) is 1. The SMILES string of the molecule is COc1cc2c(cc1OCCCC(=O)Nc1cn(C)c(C=O)n1)N=CC1Cc3ccccc3N1C2=O. The molecule has 0 saturated carbocycles. The van der Waals surface area contributed by atoms with Crippen LogP contribution in [0.15, 0.2) is 47.6 Å². The fourth-order valence-electron chi connectivity index (χ4n) is 4.46. The molecule has 0 radical (unpaired) electrons. The van der Waals surface area contributed by atoms with Crippen LogP contribution in [0.3, 0.4) is 0 Å². The number of para-hydroxylation sites is 1. The standard InChI is InChI=1S/C26H25N5O5/c1-30-14-23(28-24(30)15-32)29-25(33)8-5-9-36-22-12-19-18(11-21(22)35-2)26(34)31-17(13-27-19)10-16-6-3-4-7-20(16)31/h3-4,6-7,11-15,17H,5,8-10H2,1-2H3,(H,29,33). The third-order valence-corrected chi connectivity index (χ3v) is 6.22. The lowest BCUT2D eigenvalue weighted by atomic mass is 10.1. The fourth-order valence-corrected chi connectivity index (χ4v) is 4.46. The molecule has 10 heteroatoms. The van der Waals surface area contributed by atoms with E-state index in [9.17, 15) is 14.4 Å². The number of hydrogen-bond acceptors (Lipinski definition) is 7. The third-order valence-electron chi connectivity index (χ3n) is 6.22. The predicted molar refractivity (Wildman–Crippen MR) is 134 cm³/mol. The van der Waals surface area contributed by atoms with E-state index in [0.29, 0.717) is 41.3 Å². The van der Waals surface area contributed by atoms with Gasteiger partial charge in [-0.3, -0.25) is 24.3 Å². The van der Waals surface area contributed by atoms with Crippen molar-refractivity contribution in [2.45, 2.75) is 25.3 Å². The Balaban J connectivity index is 1.25. The van der Waals surface area contributed by atoms with Gasteiger partial charge in [-0.1, -0.05) is 18.2 Å². The van der Waals surface area contributed by atoms with Gasteiger partial charge in [0.2, 0.25) is 5.91 Å². The minimum absolute atomic E-state index is 0.133. The van der Waals surface area contributed by atoms with Crippen LogP contribution in [0.1, 0.15) is 39.4 Å². The Bertz CT molecular complexity index is 1380. The molecular weight excluding hydrogens is 462 g/mol. The van der Waals surface area contributed by atoms with Crippen LogP contribution in [-0.4, -0.2) is 53.6 Å². The van der Waals surface area contributed by atoms with E-state index in [1.54, 1.807) is 36.5 Å². The van der Waals surface area contributed by atoms with Crippen molar-refractivity contribution in [3.05, 3.63) is 59.5 Å². The smallest absolute Gasteiger partial charge is 0.261 e. The summed E-state index contributed by atoms with van der Waals surface area (Å²) < 4.78 is 12.9. The first-order valence-corrected chi connectivity index (χ1v) is 11.6. The molecule has 1 N–H and O–H groups in total. The van der Waals surface area contributed by atoms with Gasteiger partial charge in [0.05, 0.1) is 31.0 Å². The number of hydrogen-bond donors (Lipinski definition) is 1. The Labute approximate surface area is 207 Å². The lowest BCUT2D eigenvalue weighted by molar-refractivity contribution is -0.116. The quantitative estimate of drug-likeness (QED) is 0.385. The maximum atomic E-state index is 13.5. The van der Waals surface area contributed by atoms with Crippen molar-refractivity contribution in [1.82, 2.24) is 9.55 Å². The number of anilines is 2. The average molecular weight is 488 g/mol. The van der Waals surface area contributed by atoms with Crippen molar-refractivity contribution >= 4 is 41.5 Å². The molecule has 0 aliphatic carbocycles. The Hall–Kier alpha value is -4.47. The number of carbonyl (C=O) groups excluding carboxylic acids is 3. The number of ether oxygens (including phenoxy) is 2. The molecule has 3 heterocycles. The van der Waals surface area contributed by atoms with Gasteiger partial charge in [0.25, 0.3) is 5.91 Å². The van der Waals surface area contributed by atoms with Crippen LogP contribution in [0, 0.1) is 0 Å².